The zero-order chi connectivity index (χ0) is 20.9. The Morgan fingerprint density at radius 3 is 2.70 bits per heavy atom. The first-order chi connectivity index (χ1) is 14.7. The maximum Gasteiger partial charge on any atom is 0.224 e. The average Bonchev–Trinajstić information content (AvgIpc) is 3.29. The zero-order valence-corrected chi connectivity index (χ0v) is 17.6. The van der Waals surface area contributed by atoms with Crippen LogP contribution in [0, 0.1) is 0 Å². The summed E-state index contributed by atoms with van der Waals surface area (Å²) >= 11 is 0. The molecule has 7 heteroatoms. The second-order valence-electron chi connectivity index (χ2n) is 7.50. The van der Waals surface area contributed by atoms with Gasteiger partial charge in [0, 0.05) is 13.6 Å². The molecule has 2 aromatic carbocycles. The smallest absolute Gasteiger partial charge is 0.224 e. The van der Waals surface area contributed by atoms with Crippen molar-refractivity contribution in [1.29, 1.82) is 0 Å². The van der Waals surface area contributed by atoms with Crippen LogP contribution < -0.4 is 20.5 Å². The van der Waals surface area contributed by atoms with Gasteiger partial charge in [0.05, 0.1) is 24.6 Å². The molecule has 0 unspecified atom stereocenters. The fourth-order valence-corrected chi connectivity index (χ4v) is 4.00. The Hall–Kier alpha value is -3.06. The molecule has 0 radical (unpaired) electrons. The van der Waals surface area contributed by atoms with Gasteiger partial charge in [-0.15, -0.1) is 0 Å². The summed E-state index contributed by atoms with van der Waals surface area (Å²) in [7, 11) is 3.44. The minimum atomic E-state index is 0.448. The summed E-state index contributed by atoms with van der Waals surface area (Å²) in [4.78, 5) is 11.4. The highest BCUT2D eigenvalue weighted by Gasteiger charge is 2.14. The van der Waals surface area contributed by atoms with Crippen molar-refractivity contribution in [3.05, 3.63) is 36.4 Å². The molecule has 0 bridgehead atoms. The number of hydrogen-bond acceptors (Lipinski definition) is 7. The predicted octanol–water partition coefficient (Wildman–Crippen LogP) is 3.79. The van der Waals surface area contributed by atoms with E-state index in [1.54, 1.807) is 14.2 Å². The van der Waals surface area contributed by atoms with Gasteiger partial charge in [-0.25, -0.2) is 4.98 Å². The molecule has 7 nitrogen and oxygen atoms in total. The third-order valence-electron chi connectivity index (χ3n) is 5.52. The van der Waals surface area contributed by atoms with Gasteiger partial charge in [-0.1, -0.05) is 18.2 Å². The number of likely N-dealkylation sites (tertiary alicyclic amines) is 1. The topological polar surface area (TPSA) is 85.5 Å². The number of nitrogens with zero attached hydrogens (tertiary/aromatic N) is 3. The number of fused-ring (bicyclic) bond motifs is 1. The number of anilines is 2. The van der Waals surface area contributed by atoms with Crippen molar-refractivity contribution >= 4 is 22.7 Å². The molecule has 3 N–H and O–H groups in total. The number of nitrogens with two attached hydrogens (primary N) is 1. The number of benzene rings is 2. The number of nitrogen functional groups attached to an aromatic ring is 1. The summed E-state index contributed by atoms with van der Waals surface area (Å²) in [5.74, 6) is 2.42. The quantitative estimate of drug-likeness (QED) is 0.550. The highest BCUT2D eigenvalue weighted by molar-refractivity contribution is 6.01. The SMILES string of the molecule is CNc1nc(N)c2c(-c3ccc(OC)c(OCCCN4CCCC4)c3)cccc2n1. The Labute approximate surface area is 177 Å². The average molecular weight is 408 g/mol. The minimum Gasteiger partial charge on any atom is -0.493 e. The highest BCUT2D eigenvalue weighted by atomic mass is 16.5. The van der Waals surface area contributed by atoms with Crippen molar-refractivity contribution in [2.45, 2.75) is 19.3 Å². The van der Waals surface area contributed by atoms with Gasteiger partial charge in [0.2, 0.25) is 5.95 Å². The lowest BCUT2D eigenvalue weighted by Gasteiger charge is -2.16. The molecule has 1 aliphatic rings. The number of aromatic nitrogens is 2. The van der Waals surface area contributed by atoms with Crippen LogP contribution in [0.4, 0.5) is 11.8 Å². The fourth-order valence-electron chi connectivity index (χ4n) is 4.00. The molecule has 1 fully saturated rings. The van der Waals surface area contributed by atoms with Crippen molar-refractivity contribution in [2.75, 3.05) is 51.4 Å². The molecular formula is C23H29N5O2. The van der Waals surface area contributed by atoms with Crippen LogP contribution in [0.1, 0.15) is 19.3 Å². The summed E-state index contributed by atoms with van der Waals surface area (Å²) in [6.07, 6.45) is 3.62. The normalized spacial score (nSPS) is 14.2. The number of methoxy groups -OCH3 is 1. The monoisotopic (exact) mass is 407 g/mol. The predicted molar refractivity (Wildman–Crippen MR) is 121 cm³/mol. The van der Waals surface area contributed by atoms with E-state index < -0.39 is 0 Å². The maximum absolute atomic E-state index is 6.27. The van der Waals surface area contributed by atoms with E-state index in [1.165, 1.54) is 25.9 Å². The van der Waals surface area contributed by atoms with Gasteiger partial charge in [0.15, 0.2) is 11.5 Å². The van der Waals surface area contributed by atoms with Crippen molar-refractivity contribution in [3.8, 4) is 22.6 Å². The van der Waals surface area contributed by atoms with Gasteiger partial charge in [-0.2, -0.15) is 4.98 Å². The van der Waals surface area contributed by atoms with Crippen LogP contribution in [-0.4, -0.2) is 55.3 Å². The first-order valence-electron chi connectivity index (χ1n) is 10.5. The van der Waals surface area contributed by atoms with Gasteiger partial charge < -0.3 is 25.4 Å². The van der Waals surface area contributed by atoms with E-state index in [9.17, 15) is 0 Å². The van der Waals surface area contributed by atoms with Crippen LogP contribution >= 0.6 is 0 Å². The van der Waals surface area contributed by atoms with Gasteiger partial charge in [-0.3, -0.25) is 0 Å². The summed E-state index contributed by atoms with van der Waals surface area (Å²) in [6, 6.07) is 11.9. The number of ether oxygens (including phenoxy) is 2. The minimum absolute atomic E-state index is 0.448. The third-order valence-corrected chi connectivity index (χ3v) is 5.52. The lowest BCUT2D eigenvalue weighted by atomic mass is 10.0. The van der Waals surface area contributed by atoms with Crippen LogP contribution in [0.3, 0.4) is 0 Å². The van der Waals surface area contributed by atoms with E-state index >= 15 is 0 Å². The van der Waals surface area contributed by atoms with E-state index in [1.807, 2.05) is 36.4 Å². The van der Waals surface area contributed by atoms with Crippen LogP contribution in [0.2, 0.25) is 0 Å². The fraction of sp³-hybridized carbons (Fsp3) is 0.391. The van der Waals surface area contributed by atoms with Crippen molar-refractivity contribution in [1.82, 2.24) is 14.9 Å². The zero-order valence-electron chi connectivity index (χ0n) is 17.6. The largest absolute Gasteiger partial charge is 0.493 e. The molecule has 2 heterocycles. The van der Waals surface area contributed by atoms with Crippen LogP contribution in [0.15, 0.2) is 36.4 Å². The third kappa shape index (κ3) is 4.26. The first kappa shape index (κ1) is 20.2. The molecule has 0 saturated carbocycles. The molecule has 4 rings (SSSR count). The standard InChI is InChI=1S/C23H29N5O2/c1-25-23-26-18-8-5-7-17(21(18)22(24)27-23)16-9-10-19(29-2)20(15-16)30-14-6-13-28-11-3-4-12-28/h5,7-10,15H,3-4,6,11-14H2,1-2H3,(H3,24,25,26,27). The molecule has 0 aliphatic carbocycles. The summed E-state index contributed by atoms with van der Waals surface area (Å²) in [5.41, 5.74) is 9.03. The molecule has 1 aliphatic heterocycles. The van der Waals surface area contributed by atoms with Gasteiger partial charge in [0.1, 0.15) is 5.82 Å². The van der Waals surface area contributed by atoms with E-state index in [4.69, 9.17) is 15.2 Å². The van der Waals surface area contributed by atoms with Crippen molar-refractivity contribution < 1.29 is 9.47 Å². The van der Waals surface area contributed by atoms with E-state index in [0.717, 1.165) is 46.5 Å². The number of rotatable bonds is 8. The molecule has 158 valence electrons. The van der Waals surface area contributed by atoms with E-state index in [2.05, 4.69) is 20.2 Å². The Morgan fingerprint density at radius 1 is 1.10 bits per heavy atom. The Balaban J connectivity index is 1.59. The molecule has 1 saturated heterocycles. The first-order valence-corrected chi connectivity index (χ1v) is 10.5. The number of hydrogen-bond donors (Lipinski definition) is 2. The molecule has 0 spiro atoms. The lowest BCUT2D eigenvalue weighted by Crippen LogP contribution is -2.21. The van der Waals surface area contributed by atoms with Gasteiger partial charge in [0.25, 0.3) is 0 Å². The van der Waals surface area contributed by atoms with Crippen molar-refractivity contribution in [3.63, 3.8) is 0 Å². The molecule has 0 amide bonds. The number of nitrogens with one attached hydrogen (secondary N) is 1. The van der Waals surface area contributed by atoms with Crippen LogP contribution in [-0.2, 0) is 0 Å². The maximum atomic E-state index is 6.27. The summed E-state index contributed by atoms with van der Waals surface area (Å²) < 4.78 is 11.6. The summed E-state index contributed by atoms with van der Waals surface area (Å²) in [6.45, 7) is 4.15. The molecular weight excluding hydrogens is 378 g/mol. The second-order valence-corrected chi connectivity index (χ2v) is 7.50. The van der Waals surface area contributed by atoms with Gasteiger partial charge >= 0.3 is 0 Å². The highest BCUT2D eigenvalue weighted by Crippen LogP contribution is 2.37. The molecule has 1 aromatic heterocycles. The van der Waals surface area contributed by atoms with Crippen molar-refractivity contribution in [2.24, 2.45) is 0 Å². The molecule has 30 heavy (non-hydrogen) atoms. The Bertz CT molecular complexity index is 1020. The van der Waals surface area contributed by atoms with Crippen LogP contribution in [0.25, 0.3) is 22.0 Å². The van der Waals surface area contributed by atoms with Gasteiger partial charge in [-0.05, 0) is 61.7 Å². The lowest BCUT2D eigenvalue weighted by molar-refractivity contribution is 0.254. The Kier molecular flexibility index (Phi) is 6.18. The van der Waals surface area contributed by atoms with E-state index in [-0.39, 0.29) is 0 Å². The van der Waals surface area contributed by atoms with E-state index in [0.29, 0.717) is 18.4 Å². The summed E-state index contributed by atoms with van der Waals surface area (Å²) in [5, 5.41) is 3.78. The molecule has 3 aromatic rings. The molecule has 0 atom stereocenters. The second kappa shape index (κ2) is 9.17. The Morgan fingerprint density at radius 2 is 1.93 bits per heavy atom. The van der Waals surface area contributed by atoms with Crippen LogP contribution in [0.5, 0.6) is 11.5 Å².